The van der Waals surface area contributed by atoms with Gasteiger partial charge in [-0.1, -0.05) is 36.4 Å². The van der Waals surface area contributed by atoms with Crippen LogP contribution >= 0.6 is 11.8 Å². The predicted molar refractivity (Wildman–Crippen MR) is 73.7 cm³/mol. The lowest BCUT2D eigenvalue weighted by molar-refractivity contribution is 0.101. The van der Waals surface area contributed by atoms with Gasteiger partial charge in [0.15, 0.2) is 5.78 Å². The summed E-state index contributed by atoms with van der Waals surface area (Å²) in [7, 11) is 0. The van der Waals surface area contributed by atoms with Gasteiger partial charge in [0.2, 0.25) is 0 Å². The number of Topliss-reactive ketones (excluding diaryl/α,β-unsaturated/α-hetero) is 1. The van der Waals surface area contributed by atoms with Crippen molar-refractivity contribution in [1.82, 2.24) is 0 Å². The van der Waals surface area contributed by atoms with Crippen LogP contribution in [0.4, 0.5) is 0 Å². The van der Waals surface area contributed by atoms with Crippen molar-refractivity contribution in [2.24, 2.45) is 0 Å². The maximum Gasteiger partial charge on any atom is 0.160 e. The van der Waals surface area contributed by atoms with Crippen LogP contribution in [0, 0.1) is 0 Å². The van der Waals surface area contributed by atoms with Gasteiger partial charge in [-0.05, 0) is 36.4 Å². The highest BCUT2D eigenvalue weighted by molar-refractivity contribution is 7.98. The van der Waals surface area contributed by atoms with E-state index >= 15 is 0 Å². The second-order valence-electron chi connectivity index (χ2n) is 3.83. The molecule has 2 heteroatoms. The number of ketones is 1. The Morgan fingerprint density at radius 2 is 1.65 bits per heavy atom. The van der Waals surface area contributed by atoms with Crippen molar-refractivity contribution in [3.63, 3.8) is 0 Å². The fourth-order valence-corrected chi connectivity index (χ4v) is 2.22. The molecular formula is C15H14OS. The van der Waals surface area contributed by atoms with Crippen LogP contribution in [0.5, 0.6) is 0 Å². The smallest absolute Gasteiger partial charge is 0.160 e. The Hall–Kier alpha value is -1.54. The summed E-state index contributed by atoms with van der Waals surface area (Å²) >= 11 is 1.72. The molecule has 0 saturated heterocycles. The number of carbonyl (C=O) groups excluding carboxylic acids is 1. The highest BCUT2D eigenvalue weighted by Crippen LogP contribution is 2.26. The van der Waals surface area contributed by atoms with Gasteiger partial charge in [0.1, 0.15) is 0 Å². The fourth-order valence-electron chi connectivity index (χ4n) is 1.81. The van der Waals surface area contributed by atoms with E-state index in [2.05, 4.69) is 30.5 Å². The lowest BCUT2D eigenvalue weighted by atomic mass is 9.98. The molecule has 0 N–H and O–H groups in total. The summed E-state index contributed by atoms with van der Waals surface area (Å²) in [5.74, 6) is 0.106. The van der Waals surface area contributed by atoms with Crippen LogP contribution in [0.2, 0.25) is 0 Å². The van der Waals surface area contributed by atoms with E-state index < -0.39 is 0 Å². The summed E-state index contributed by atoms with van der Waals surface area (Å²) in [6.07, 6.45) is 2.05. The minimum Gasteiger partial charge on any atom is -0.294 e. The van der Waals surface area contributed by atoms with E-state index in [9.17, 15) is 4.79 Å². The molecule has 0 heterocycles. The first kappa shape index (κ1) is 11.9. The van der Waals surface area contributed by atoms with Crippen molar-refractivity contribution in [2.45, 2.75) is 11.8 Å². The van der Waals surface area contributed by atoms with Gasteiger partial charge < -0.3 is 0 Å². The van der Waals surface area contributed by atoms with Crippen molar-refractivity contribution in [2.75, 3.05) is 6.26 Å². The van der Waals surface area contributed by atoms with Crippen LogP contribution in [0.1, 0.15) is 17.3 Å². The molecule has 0 aliphatic heterocycles. The topological polar surface area (TPSA) is 17.1 Å². The van der Waals surface area contributed by atoms with Gasteiger partial charge in [-0.25, -0.2) is 0 Å². The van der Waals surface area contributed by atoms with Gasteiger partial charge in [0.05, 0.1) is 0 Å². The van der Waals surface area contributed by atoms with Gasteiger partial charge in [0, 0.05) is 10.5 Å². The summed E-state index contributed by atoms with van der Waals surface area (Å²) < 4.78 is 0. The first-order chi connectivity index (χ1) is 8.22. The van der Waals surface area contributed by atoms with E-state index in [4.69, 9.17) is 0 Å². The van der Waals surface area contributed by atoms with E-state index in [0.29, 0.717) is 0 Å². The van der Waals surface area contributed by atoms with Gasteiger partial charge in [-0.15, -0.1) is 11.8 Å². The molecule has 1 nitrogen and oxygen atoms in total. The highest BCUT2D eigenvalue weighted by Gasteiger charge is 2.07. The molecule has 0 radical (unpaired) electrons. The average molecular weight is 242 g/mol. The van der Waals surface area contributed by atoms with E-state index in [1.54, 1.807) is 18.7 Å². The molecule has 0 aliphatic carbocycles. The van der Waals surface area contributed by atoms with Crippen molar-refractivity contribution < 1.29 is 4.79 Å². The number of hydrogen-bond acceptors (Lipinski definition) is 2. The SMILES string of the molecule is CSc1ccc(-c2ccccc2C(C)=O)cc1. The minimum atomic E-state index is 0.106. The first-order valence-corrected chi connectivity index (χ1v) is 6.69. The number of thioether (sulfide) groups is 1. The molecule has 0 atom stereocenters. The Bertz CT molecular complexity index is 529. The van der Waals surface area contributed by atoms with Crippen molar-refractivity contribution in [1.29, 1.82) is 0 Å². The van der Waals surface area contributed by atoms with Crippen LogP contribution in [0.15, 0.2) is 53.4 Å². The average Bonchev–Trinajstić information content (AvgIpc) is 2.39. The quantitative estimate of drug-likeness (QED) is 0.590. The molecule has 0 fully saturated rings. The summed E-state index contributed by atoms with van der Waals surface area (Å²) in [6.45, 7) is 1.61. The lowest BCUT2D eigenvalue weighted by Gasteiger charge is -2.07. The first-order valence-electron chi connectivity index (χ1n) is 5.47. The molecule has 0 aromatic heterocycles. The Labute approximate surface area is 106 Å². The number of hydrogen-bond donors (Lipinski definition) is 0. The van der Waals surface area contributed by atoms with Gasteiger partial charge in [-0.3, -0.25) is 4.79 Å². The zero-order valence-electron chi connectivity index (χ0n) is 9.94. The normalized spacial score (nSPS) is 10.2. The summed E-state index contributed by atoms with van der Waals surface area (Å²) in [5, 5.41) is 0. The Kier molecular flexibility index (Phi) is 3.64. The van der Waals surface area contributed by atoms with Crippen LogP contribution in [-0.4, -0.2) is 12.0 Å². The zero-order valence-corrected chi connectivity index (χ0v) is 10.8. The van der Waals surface area contributed by atoms with Crippen molar-refractivity contribution in [3.8, 4) is 11.1 Å². The van der Waals surface area contributed by atoms with Crippen LogP contribution < -0.4 is 0 Å². The van der Waals surface area contributed by atoms with E-state index in [1.807, 2.05) is 24.3 Å². The van der Waals surface area contributed by atoms with Crippen LogP contribution in [0.25, 0.3) is 11.1 Å². The third-order valence-corrected chi connectivity index (χ3v) is 3.45. The molecule has 0 amide bonds. The second kappa shape index (κ2) is 5.19. The molecule has 0 bridgehead atoms. The van der Waals surface area contributed by atoms with Crippen molar-refractivity contribution >= 4 is 17.5 Å². The number of rotatable bonds is 3. The molecule has 2 aromatic rings. The van der Waals surface area contributed by atoms with Gasteiger partial charge in [-0.2, -0.15) is 0 Å². The lowest BCUT2D eigenvalue weighted by Crippen LogP contribution is -1.95. The van der Waals surface area contributed by atoms with E-state index in [0.717, 1.165) is 16.7 Å². The number of benzene rings is 2. The number of carbonyl (C=O) groups is 1. The summed E-state index contributed by atoms with van der Waals surface area (Å²) in [5.41, 5.74) is 2.88. The third kappa shape index (κ3) is 2.59. The molecule has 2 aromatic carbocycles. The summed E-state index contributed by atoms with van der Waals surface area (Å²) in [6, 6.07) is 16.0. The van der Waals surface area contributed by atoms with Crippen LogP contribution in [0.3, 0.4) is 0 Å². The Balaban J connectivity index is 2.48. The largest absolute Gasteiger partial charge is 0.294 e. The standard InChI is InChI=1S/C15H14OS/c1-11(16)14-5-3-4-6-15(14)12-7-9-13(17-2)10-8-12/h3-10H,1-2H3. The van der Waals surface area contributed by atoms with Gasteiger partial charge in [0.25, 0.3) is 0 Å². The molecule has 2 rings (SSSR count). The molecule has 86 valence electrons. The van der Waals surface area contributed by atoms with Gasteiger partial charge >= 0.3 is 0 Å². The Morgan fingerprint density at radius 1 is 1.00 bits per heavy atom. The van der Waals surface area contributed by atoms with Crippen molar-refractivity contribution in [3.05, 3.63) is 54.1 Å². The maximum absolute atomic E-state index is 11.6. The Morgan fingerprint density at radius 3 is 2.24 bits per heavy atom. The molecule has 0 unspecified atom stereocenters. The van der Waals surface area contributed by atoms with E-state index in [-0.39, 0.29) is 5.78 Å². The molecular weight excluding hydrogens is 228 g/mol. The molecule has 0 aliphatic rings. The maximum atomic E-state index is 11.6. The zero-order chi connectivity index (χ0) is 12.3. The molecule has 17 heavy (non-hydrogen) atoms. The second-order valence-corrected chi connectivity index (χ2v) is 4.71. The monoisotopic (exact) mass is 242 g/mol. The predicted octanol–water partition coefficient (Wildman–Crippen LogP) is 4.28. The third-order valence-electron chi connectivity index (χ3n) is 2.71. The molecule has 0 spiro atoms. The summed E-state index contributed by atoms with van der Waals surface area (Å²) in [4.78, 5) is 12.8. The highest BCUT2D eigenvalue weighted by atomic mass is 32.2. The van der Waals surface area contributed by atoms with E-state index in [1.165, 1.54) is 4.90 Å². The molecule has 0 saturated carbocycles. The van der Waals surface area contributed by atoms with Crippen LogP contribution in [-0.2, 0) is 0 Å². The minimum absolute atomic E-state index is 0.106. The fraction of sp³-hybridized carbons (Fsp3) is 0.133.